The molecule has 0 aromatic heterocycles. The van der Waals surface area contributed by atoms with Gasteiger partial charge in [0.15, 0.2) is 5.60 Å². The Balaban J connectivity index is 2.41. The normalized spacial score (nSPS) is 13.9. The zero-order valence-electron chi connectivity index (χ0n) is 14.9. The summed E-state index contributed by atoms with van der Waals surface area (Å²) in [4.78, 5) is 11.8. The van der Waals surface area contributed by atoms with Crippen molar-refractivity contribution in [1.82, 2.24) is 0 Å². The molecule has 4 nitrogen and oxygen atoms in total. The van der Waals surface area contributed by atoms with Crippen molar-refractivity contribution in [3.05, 3.63) is 65.2 Å². The van der Waals surface area contributed by atoms with E-state index in [0.29, 0.717) is 11.3 Å². The van der Waals surface area contributed by atoms with E-state index in [9.17, 15) is 23.8 Å². The molecule has 0 radical (unpaired) electrons. The molecule has 1 unspecified atom stereocenters. The van der Waals surface area contributed by atoms with Gasteiger partial charge < -0.3 is 14.9 Å². The Morgan fingerprint density at radius 2 is 1.81 bits per heavy atom. The van der Waals surface area contributed by atoms with Crippen LogP contribution >= 0.6 is 0 Å². The number of ether oxygens (including phenoxy) is 1. The molecular formula is C20H22F2O4. The molecule has 26 heavy (non-hydrogen) atoms. The number of methoxy groups -OCH3 is 1. The molecular weight excluding hydrogens is 342 g/mol. The SMILES string of the molecule is COc1ccc(F)cc1C(C)(C)CC(O)(Cc1ccccc1F)C(=O)O. The van der Waals surface area contributed by atoms with Crippen molar-refractivity contribution >= 4 is 5.97 Å². The Kier molecular flexibility index (Phi) is 5.66. The van der Waals surface area contributed by atoms with Crippen molar-refractivity contribution in [2.45, 2.75) is 37.7 Å². The third-order valence-corrected chi connectivity index (χ3v) is 4.46. The molecule has 1 atom stereocenters. The van der Waals surface area contributed by atoms with Crippen LogP contribution in [0.5, 0.6) is 5.75 Å². The van der Waals surface area contributed by atoms with E-state index in [1.165, 1.54) is 43.5 Å². The monoisotopic (exact) mass is 364 g/mol. The maximum atomic E-state index is 13.9. The van der Waals surface area contributed by atoms with Gasteiger partial charge in [0.2, 0.25) is 0 Å². The second-order valence-corrected chi connectivity index (χ2v) is 7.01. The number of carboxylic acids is 1. The summed E-state index contributed by atoms with van der Waals surface area (Å²) < 4.78 is 32.9. The topological polar surface area (TPSA) is 66.8 Å². The number of carboxylic acid groups (broad SMARTS) is 1. The smallest absolute Gasteiger partial charge is 0.336 e. The number of rotatable bonds is 7. The first-order valence-electron chi connectivity index (χ1n) is 8.12. The number of hydrogen-bond acceptors (Lipinski definition) is 3. The molecule has 0 aliphatic heterocycles. The molecule has 2 aromatic rings. The lowest BCUT2D eigenvalue weighted by Gasteiger charge is -2.35. The van der Waals surface area contributed by atoms with Crippen LogP contribution in [0.1, 0.15) is 31.4 Å². The molecule has 0 fully saturated rings. The molecule has 0 saturated heterocycles. The van der Waals surface area contributed by atoms with Crippen LogP contribution in [0, 0.1) is 11.6 Å². The first-order valence-corrected chi connectivity index (χ1v) is 8.12. The van der Waals surface area contributed by atoms with Gasteiger partial charge in [-0.2, -0.15) is 0 Å². The van der Waals surface area contributed by atoms with Crippen LogP contribution in [0.25, 0.3) is 0 Å². The lowest BCUT2D eigenvalue weighted by Crippen LogP contribution is -2.46. The number of hydrogen-bond donors (Lipinski definition) is 2. The van der Waals surface area contributed by atoms with Gasteiger partial charge in [0.25, 0.3) is 0 Å². The molecule has 2 N–H and O–H groups in total. The Bertz CT molecular complexity index is 804. The predicted octanol–water partition coefficient (Wildman–Crippen LogP) is 3.70. The van der Waals surface area contributed by atoms with E-state index in [1.807, 2.05) is 0 Å². The third-order valence-electron chi connectivity index (χ3n) is 4.46. The summed E-state index contributed by atoms with van der Waals surface area (Å²) in [5.41, 5.74) is -2.66. The van der Waals surface area contributed by atoms with Crippen LogP contribution in [0.4, 0.5) is 8.78 Å². The zero-order valence-corrected chi connectivity index (χ0v) is 14.9. The van der Waals surface area contributed by atoms with Gasteiger partial charge >= 0.3 is 5.97 Å². The first-order chi connectivity index (χ1) is 12.1. The molecule has 140 valence electrons. The summed E-state index contributed by atoms with van der Waals surface area (Å²) in [7, 11) is 1.43. The second kappa shape index (κ2) is 7.41. The molecule has 0 aliphatic rings. The van der Waals surface area contributed by atoms with E-state index in [0.717, 1.165) is 0 Å². The minimum atomic E-state index is -2.23. The lowest BCUT2D eigenvalue weighted by atomic mass is 9.73. The summed E-state index contributed by atoms with van der Waals surface area (Å²) >= 11 is 0. The molecule has 0 aliphatic carbocycles. The van der Waals surface area contributed by atoms with E-state index in [-0.39, 0.29) is 12.0 Å². The van der Waals surface area contributed by atoms with Gasteiger partial charge in [0.1, 0.15) is 17.4 Å². The van der Waals surface area contributed by atoms with Crippen LogP contribution in [0.2, 0.25) is 0 Å². The molecule has 0 saturated carbocycles. The molecule has 0 heterocycles. The largest absolute Gasteiger partial charge is 0.496 e. The fourth-order valence-electron chi connectivity index (χ4n) is 3.21. The van der Waals surface area contributed by atoms with Gasteiger partial charge in [-0.25, -0.2) is 13.6 Å². The van der Waals surface area contributed by atoms with Gasteiger partial charge in [0.05, 0.1) is 7.11 Å². The minimum Gasteiger partial charge on any atom is -0.496 e. The highest BCUT2D eigenvalue weighted by molar-refractivity contribution is 5.78. The Morgan fingerprint density at radius 3 is 2.38 bits per heavy atom. The lowest BCUT2D eigenvalue weighted by molar-refractivity contribution is -0.160. The van der Waals surface area contributed by atoms with Crippen molar-refractivity contribution in [2.24, 2.45) is 0 Å². The second-order valence-electron chi connectivity index (χ2n) is 7.01. The Morgan fingerprint density at radius 1 is 1.15 bits per heavy atom. The van der Waals surface area contributed by atoms with Crippen LogP contribution in [0.15, 0.2) is 42.5 Å². The van der Waals surface area contributed by atoms with Crippen molar-refractivity contribution in [1.29, 1.82) is 0 Å². The zero-order chi connectivity index (χ0) is 19.5. The van der Waals surface area contributed by atoms with Gasteiger partial charge in [-0.1, -0.05) is 32.0 Å². The Hall–Kier alpha value is -2.47. The maximum Gasteiger partial charge on any atom is 0.336 e. The number of halogens is 2. The molecule has 6 heteroatoms. The van der Waals surface area contributed by atoms with Crippen LogP contribution in [-0.4, -0.2) is 28.9 Å². The number of aliphatic hydroxyl groups is 1. The minimum absolute atomic E-state index is 0.0967. The number of aliphatic carboxylic acids is 1. The van der Waals surface area contributed by atoms with Crippen LogP contribution < -0.4 is 4.74 Å². The van der Waals surface area contributed by atoms with Crippen molar-refractivity contribution in [3.8, 4) is 5.75 Å². The van der Waals surface area contributed by atoms with Crippen molar-refractivity contribution < 1.29 is 28.5 Å². The highest BCUT2D eigenvalue weighted by Gasteiger charge is 2.43. The number of carbonyl (C=O) groups is 1. The molecule has 2 rings (SSSR count). The Labute approximate surface area is 151 Å². The highest BCUT2D eigenvalue weighted by Crippen LogP contribution is 2.39. The predicted molar refractivity (Wildman–Crippen MR) is 93.3 cm³/mol. The van der Waals surface area contributed by atoms with E-state index in [2.05, 4.69) is 0 Å². The van der Waals surface area contributed by atoms with Gasteiger partial charge in [0, 0.05) is 12.0 Å². The molecule has 0 bridgehead atoms. The van der Waals surface area contributed by atoms with E-state index >= 15 is 0 Å². The fourth-order valence-corrected chi connectivity index (χ4v) is 3.21. The van der Waals surface area contributed by atoms with Gasteiger partial charge in [-0.3, -0.25) is 0 Å². The van der Waals surface area contributed by atoms with Crippen LogP contribution in [-0.2, 0) is 16.6 Å². The highest BCUT2D eigenvalue weighted by atomic mass is 19.1. The maximum absolute atomic E-state index is 13.9. The average molecular weight is 364 g/mol. The van der Waals surface area contributed by atoms with Gasteiger partial charge in [-0.15, -0.1) is 0 Å². The fraction of sp³-hybridized carbons (Fsp3) is 0.350. The molecule has 2 aromatic carbocycles. The molecule has 0 spiro atoms. The summed E-state index contributed by atoms with van der Waals surface area (Å²) in [6.45, 7) is 3.36. The number of benzene rings is 2. The first kappa shape index (κ1) is 19.8. The van der Waals surface area contributed by atoms with Crippen molar-refractivity contribution in [2.75, 3.05) is 7.11 Å². The summed E-state index contributed by atoms with van der Waals surface area (Å²) in [6, 6.07) is 9.63. The van der Waals surface area contributed by atoms with Gasteiger partial charge in [-0.05, 0) is 41.7 Å². The third kappa shape index (κ3) is 4.19. The van der Waals surface area contributed by atoms with E-state index in [4.69, 9.17) is 4.74 Å². The summed E-state index contributed by atoms with van der Waals surface area (Å²) in [5, 5.41) is 20.4. The standard InChI is InChI=1S/C20H22F2O4/c1-19(2,15-10-14(21)8-9-17(15)26-3)12-20(25,18(23)24)11-13-6-4-5-7-16(13)22/h4-10,25H,11-12H2,1-3H3,(H,23,24). The van der Waals surface area contributed by atoms with E-state index < -0.39 is 35.0 Å². The average Bonchev–Trinajstić information content (AvgIpc) is 2.56. The summed E-state index contributed by atoms with van der Waals surface area (Å²) in [6.07, 6.45) is -0.667. The summed E-state index contributed by atoms with van der Waals surface area (Å²) in [5.74, 6) is -2.17. The quantitative estimate of drug-likeness (QED) is 0.786. The van der Waals surface area contributed by atoms with Crippen LogP contribution in [0.3, 0.4) is 0 Å². The molecule has 0 amide bonds. The van der Waals surface area contributed by atoms with Crippen molar-refractivity contribution in [3.63, 3.8) is 0 Å². The van der Waals surface area contributed by atoms with E-state index in [1.54, 1.807) is 19.9 Å².